The first-order valence-corrected chi connectivity index (χ1v) is 5.79. The van der Waals surface area contributed by atoms with Gasteiger partial charge in [0.2, 0.25) is 0 Å². The number of rotatable bonds is 4. The van der Waals surface area contributed by atoms with Crippen molar-refractivity contribution in [3.05, 3.63) is 28.2 Å². The molecular formula is C11H15BrN2. The lowest BCUT2D eigenvalue weighted by molar-refractivity contribution is 0.639. The molecule has 3 heteroatoms. The van der Waals surface area contributed by atoms with Crippen LogP contribution in [0.1, 0.15) is 18.4 Å². The molecule has 0 radical (unpaired) electrons. The summed E-state index contributed by atoms with van der Waals surface area (Å²) in [5.74, 6) is 0.933. The fraction of sp³-hybridized carbons (Fsp3) is 0.455. The van der Waals surface area contributed by atoms with Gasteiger partial charge in [0.1, 0.15) is 0 Å². The molecule has 0 saturated heterocycles. The van der Waals surface area contributed by atoms with Crippen molar-refractivity contribution in [2.45, 2.75) is 19.4 Å². The predicted octanol–water partition coefficient (Wildman–Crippen LogP) is 2.53. The third-order valence-electron chi connectivity index (χ3n) is 2.52. The average molecular weight is 255 g/mol. The highest BCUT2D eigenvalue weighted by Crippen LogP contribution is 2.27. The number of nitrogen functional groups attached to an aromatic ring is 1. The molecule has 0 unspecified atom stereocenters. The number of halogens is 1. The monoisotopic (exact) mass is 254 g/mol. The fourth-order valence-corrected chi connectivity index (χ4v) is 1.69. The lowest BCUT2D eigenvalue weighted by atomic mass is 10.2. The van der Waals surface area contributed by atoms with E-state index in [4.69, 9.17) is 5.73 Å². The van der Waals surface area contributed by atoms with Crippen LogP contribution in [0.3, 0.4) is 0 Å². The molecule has 1 saturated carbocycles. The molecule has 1 aromatic carbocycles. The highest BCUT2D eigenvalue weighted by Gasteiger charge is 2.19. The summed E-state index contributed by atoms with van der Waals surface area (Å²) in [6.07, 6.45) is 2.80. The number of hydrogen-bond acceptors (Lipinski definition) is 2. The summed E-state index contributed by atoms with van der Waals surface area (Å²) in [4.78, 5) is 0. The lowest BCUT2D eigenvalue weighted by Gasteiger charge is -2.05. The van der Waals surface area contributed by atoms with Crippen molar-refractivity contribution >= 4 is 21.6 Å². The highest BCUT2D eigenvalue weighted by molar-refractivity contribution is 9.10. The van der Waals surface area contributed by atoms with E-state index >= 15 is 0 Å². The van der Waals surface area contributed by atoms with Gasteiger partial charge in [0.25, 0.3) is 0 Å². The lowest BCUT2D eigenvalue weighted by Crippen LogP contribution is -2.16. The van der Waals surface area contributed by atoms with Crippen molar-refractivity contribution in [2.75, 3.05) is 12.3 Å². The van der Waals surface area contributed by atoms with Crippen LogP contribution in [-0.2, 0) is 6.54 Å². The van der Waals surface area contributed by atoms with Gasteiger partial charge >= 0.3 is 0 Å². The van der Waals surface area contributed by atoms with E-state index in [0.29, 0.717) is 0 Å². The van der Waals surface area contributed by atoms with Gasteiger partial charge in [-0.25, -0.2) is 0 Å². The number of nitrogens with two attached hydrogens (primary N) is 1. The zero-order valence-corrected chi connectivity index (χ0v) is 9.68. The molecule has 0 amide bonds. The van der Waals surface area contributed by atoms with Gasteiger partial charge in [-0.3, -0.25) is 0 Å². The summed E-state index contributed by atoms with van der Waals surface area (Å²) in [7, 11) is 0. The molecule has 0 aliphatic heterocycles. The second kappa shape index (κ2) is 4.32. The normalized spacial score (nSPS) is 15.8. The minimum Gasteiger partial charge on any atom is -0.398 e. The van der Waals surface area contributed by atoms with E-state index in [2.05, 4.69) is 27.3 Å². The largest absolute Gasteiger partial charge is 0.398 e. The molecule has 14 heavy (non-hydrogen) atoms. The van der Waals surface area contributed by atoms with E-state index in [-0.39, 0.29) is 0 Å². The Bertz CT molecular complexity index is 321. The molecule has 0 atom stereocenters. The van der Waals surface area contributed by atoms with Gasteiger partial charge in [-0.2, -0.15) is 0 Å². The molecule has 0 heterocycles. The van der Waals surface area contributed by atoms with Crippen LogP contribution in [0.2, 0.25) is 0 Å². The Balaban J connectivity index is 1.85. The Kier molecular flexibility index (Phi) is 3.08. The van der Waals surface area contributed by atoms with Gasteiger partial charge in [-0.1, -0.05) is 6.07 Å². The fourth-order valence-electron chi connectivity index (χ4n) is 1.45. The van der Waals surface area contributed by atoms with E-state index in [1.54, 1.807) is 0 Å². The molecule has 1 fully saturated rings. The van der Waals surface area contributed by atoms with Crippen molar-refractivity contribution in [3.63, 3.8) is 0 Å². The summed E-state index contributed by atoms with van der Waals surface area (Å²) in [5.41, 5.74) is 7.86. The quantitative estimate of drug-likeness (QED) is 0.811. The van der Waals surface area contributed by atoms with Crippen LogP contribution in [0.25, 0.3) is 0 Å². The van der Waals surface area contributed by atoms with Crippen LogP contribution < -0.4 is 11.1 Å². The third kappa shape index (κ3) is 2.72. The van der Waals surface area contributed by atoms with Crippen LogP contribution in [0.4, 0.5) is 5.69 Å². The molecule has 2 rings (SSSR count). The first kappa shape index (κ1) is 9.99. The van der Waals surface area contributed by atoms with Gasteiger partial charge in [-0.15, -0.1) is 0 Å². The second-order valence-electron chi connectivity index (χ2n) is 3.93. The van der Waals surface area contributed by atoms with Crippen molar-refractivity contribution in [2.24, 2.45) is 5.92 Å². The topological polar surface area (TPSA) is 38.0 Å². The number of benzene rings is 1. The summed E-state index contributed by atoms with van der Waals surface area (Å²) < 4.78 is 0.975. The average Bonchev–Trinajstić information content (AvgIpc) is 2.95. The number of hydrogen-bond donors (Lipinski definition) is 2. The Morgan fingerprint density at radius 3 is 2.86 bits per heavy atom. The van der Waals surface area contributed by atoms with Crippen molar-refractivity contribution in [1.29, 1.82) is 0 Å². The molecule has 1 aliphatic carbocycles. The van der Waals surface area contributed by atoms with Crippen LogP contribution >= 0.6 is 15.9 Å². The molecule has 1 aromatic rings. The van der Waals surface area contributed by atoms with Gasteiger partial charge in [0.05, 0.1) is 0 Å². The predicted molar refractivity (Wildman–Crippen MR) is 63.0 cm³/mol. The Labute approximate surface area is 93.0 Å². The SMILES string of the molecule is Nc1cc(CNCC2CC2)ccc1Br. The third-order valence-corrected chi connectivity index (χ3v) is 3.24. The zero-order chi connectivity index (χ0) is 9.97. The molecule has 76 valence electrons. The minimum atomic E-state index is 0.815. The molecule has 3 N–H and O–H groups in total. The van der Waals surface area contributed by atoms with Gasteiger partial charge < -0.3 is 11.1 Å². The van der Waals surface area contributed by atoms with Crippen molar-refractivity contribution in [3.8, 4) is 0 Å². The Morgan fingerprint density at radius 2 is 2.21 bits per heavy atom. The minimum absolute atomic E-state index is 0.815. The molecule has 0 spiro atoms. The Hall–Kier alpha value is -0.540. The van der Waals surface area contributed by atoms with Gasteiger partial charge in [-0.05, 0) is 58.9 Å². The smallest absolute Gasteiger partial charge is 0.0461 e. The summed E-state index contributed by atoms with van der Waals surface area (Å²) >= 11 is 3.39. The second-order valence-corrected chi connectivity index (χ2v) is 4.78. The van der Waals surface area contributed by atoms with Crippen LogP contribution in [0.5, 0.6) is 0 Å². The molecule has 1 aliphatic rings. The molecule has 0 bridgehead atoms. The van der Waals surface area contributed by atoms with E-state index < -0.39 is 0 Å². The first-order chi connectivity index (χ1) is 6.75. The summed E-state index contributed by atoms with van der Waals surface area (Å²) in [5, 5.41) is 3.44. The van der Waals surface area contributed by atoms with E-state index in [1.165, 1.54) is 18.4 Å². The highest BCUT2D eigenvalue weighted by atomic mass is 79.9. The molecule has 0 aromatic heterocycles. The van der Waals surface area contributed by atoms with Gasteiger partial charge in [0.15, 0.2) is 0 Å². The maximum atomic E-state index is 5.79. The summed E-state index contributed by atoms with van der Waals surface area (Å²) in [6.45, 7) is 2.07. The standard InChI is InChI=1S/C11H15BrN2/c12-10-4-3-9(5-11(10)13)7-14-6-8-1-2-8/h3-5,8,14H,1-2,6-7,13H2. The van der Waals surface area contributed by atoms with Gasteiger partial charge in [0, 0.05) is 16.7 Å². The van der Waals surface area contributed by atoms with Crippen molar-refractivity contribution in [1.82, 2.24) is 5.32 Å². The maximum Gasteiger partial charge on any atom is 0.0461 e. The van der Waals surface area contributed by atoms with Crippen LogP contribution in [0.15, 0.2) is 22.7 Å². The van der Waals surface area contributed by atoms with E-state index in [1.807, 2.05) is 12.1 Å². The summed E-state index contributed by atoms with van der Waals surface area (Å²) in [6, 6.07) is 6.12. The van der Waals surface area contributed by atoms with Crippen molar-refractivity contribution < 1.29 is 0 Å². The number of anilines is 1. The first-order valence-electron chi connectivity index (χ1n) is 5.00. The Morgan fingerprint density at radius 1 is 1.43 bits per heavy atom. The molecule has 2 nitrogen and oxygen atoms in total. The number of nitrogens with one attached hydrogen (secondary N) is 1. The van der Waals surface area contributed by atoms with E-state index in [0.717, 1.165) is 29.2 Å². The maximum absolute atomic E-state index is 5.79. The van der Waals surface area contributed by atoms with Crippen LogP contribution in [-0.4, -0.2) is 6.54 Å². The van der Waals surface area contributed by atoms with E-state index in [9.17, 15) is 0 Å². The van der Waals surface area contributed by atoms with Crippen LogP contribution in [0, 0.1) is 5.92 Å². The zero-order valence-electron chi connectivity index (χ0n) is 8.09. The molecular weight excluding hydrogens is 240 g/mol.